The molecule has 7 nitrogen and oxygen atoms in total. The number of sulfonamides is 1. The van der Waals surface area contributed by atoms with Crippen LogP contribution in [0.15, 0.2) is 35.3 Å². The summed E-state index contributed by atoms with van der Waals surface area (Å²) in [7, 11) is -3.27. The summed E-state index contributed by atoms with van der Waals surface area (Å²) < 4.78 is 31.8. The first-order valence-electron chi connectivity index (χ1n) is 10.7. The molecule has 30 heavy (non-hydrogen) atoms. The molecule has 0 bridgehead atoms. The van der Waals surface area contributed by atoms with Crippen LogP contribution in [0.4, 0.5) is 0 Å². The van der Waals surface area contributed by atoms with Crippen LogP contribution in [0.3, 0.4) is 0 Å². The molecule has 1 heterocycles. The van der Waals surface area contributed by atoms with E-state index >= 15 is 0 Å². The van der Waals surface area contributed by atoms with Gasteiger partial charge in [-0.2, -0.15) is 4.31 Å². The van der Waals surface area contributed by atoms with Crippen LogP contribution in [0.5, 0.6) is 0 Å². The van der Waals surface area contributed by atoms with Crippen molar-refractivity contribution in [2.45, 2.75) is 38.0 Å². The monoisotopic (exact) mass is 550 g/mol. The summed E-state index contributed by atoms with van der Waals surface area (Å²) in [5.74, 6) is 0.744. The largest absolute Gasteiger partial charge is 0.379 e. The van der Waals surface area contributed by atoms with Crippen molar-refractivity contribution < 1.29 is 13.2 Å². The Labute approximate surface area is 198 Å². The highest BCUT2D eigenvalue weighted by Crippen LogP contribution is 2.41. The molecule has 0 spiro atoms. The fourth-order valence-electron chi connectivity index (χ4n) is 4.21. The zero-order chi connectivity index (χ0) is 20.6. The first kappa shape index (κ1) is 25.4. The number of benzene rings is 1. The summed E-state index contributed by atoms with van der Waals surface area (Å²) in [5, 5.41) is 6.46. The quantitative estimate of drug-likeness (QED) is 0.295. The van der Waals surface area contributed by atoms with Gasteiger partial charge in [-0.1, -0.05) is 43.2 Å². The lowest BCUT2D eigenvalue weighted by Gasteiger charge is -2.28. The molecule has 1 aliphatic heterocycles. The van der Waals surface area contributed by atoms with Crippen LogP contribution in [-0.4, -0.2) is 70.4 Å². The van der Waals surface area contributed by atoms with Crippen molar-refractivity contribution in [1.82, 2.24) is 14.9 Å². The lowest BCUT2D eigenvalue weighted by Crippen LogP contribution is -2.45. The van der Waals surface area contributed by atoms with Crippen LogP contribution in [-0.2, 0) is 20.2 Å². The van der Waals surface area contributed by atoms with E-state index in [1.54, 1.807) is 0 Å². The lowest BCUT2D eigenvalue weighted by atomic mass is 9.79. The van der Waals surface area contributed by atoms with E-state index in [1.807, 2.05) is 6.92 Å². The maximum atomic E-state index is 12.5. The molecule has 1 aromatic rings. The molecular formula is C21H35IN4O3S. The van der Waals surface area contributed by atoms with Gasteiger partial charge in [0.25, 0.3) is 0 Å². The maximum absolute atomic E-state index is 12.5. The van der Waals surface area contributed by atoms with Crippen LogP contribution in [0.2, 0.25) is 0 Å². The van der Waals surface area contributed by atoms with E-state index < -0.39 is 10.0 Å². The van der Waals surface area contributed by atoms with Crippen molar-refractivity contribution in [3.8, 4) is 0 Å². The second kappa shape index (κ2) is 12.2. The van der Waals surface area contributed by atoms with Crippen molar-refractivity contribution in [3.63, 3.8) is 0 Å². The molecule has 1 aromatic carbocycles. The number of guanidine groups is 1. The Hall–Kier alpha value is -0.910. The van der Waals surface area contributed by atoms with Crippen molar-refractivity contribution in [2.24, 2.45) is 4.99 Å². The highest BCUT2D eigenvalue weighted by molar-refractivity contribution is 14.0. The number of nitrogens with one attached hydrogen (secondary N) is 2. The molecule has 1 aliphatic carbocycles. The van der Waals surface area contributed by atoms with Gasteiger partial charge in [-0.25, -0.2) is 8.42 Å². The van der Waals surface area contributed by atoms with Gasteiger partial charge in [0.15, 0.2) is 5.96 Å². The summed E-state index contributed by atoms with van der Waals surface area (Å²) >= 11 is 0. The summed E-state index contributed by atoms with van der Waals surface area (Å²) in [6.07, 6.45) is 4.75. The maximum Gasteiger partial charge on any atom is 0.215 e. The van der Waals surface area contributed by atoms with Gasteiger partial charge in [0.2, 0.25) is 10.0 Å². The topological polar surface area (TPSA) is 83.0 Å². The second-order valence-electron chi connectivity index (χ2n) is 7.80. The molecule has 9 heteroatoms. The predicted octanol–water partition coefficient (Wildman–Crippen LogP) is 2.33. The van der Waals surface area contributed by atoms with E-state index in [4.69, 9.17) is 9.73 Å². The molecule has 1 saturated carbocycles. The Balaban J connectivity index is 0.00000320. The molecule has 2 fully saturated rings. The van der Waals surface area contributed by atoms with Gasteiger partial charge >= 0.3 is 0 Å². The zero-order valence-corrected chi connectivity index (χ0v) is 21.0. The third kappa shape index (κ3) is 6.80. The van der Waals surface area contributed by atoms with Crippen LogP contribution in [0.1, 0.15) is 38.2 Å². The van der Waals surface area contributed by atoms with Gasteiger partial charge < -0.3 is 15.4 Å². The van der Waals surface area contributed by atoms with Crippen LogP contribution < -0.4 is 10.6 Å². The molecule has 2 N–H and O–H groups in total. The number of hydrogen-bond donors (Lipinski definition) is 2. The number of morpholine rings is 1. The first-order chi connectivity index (χ1) is 14.1. The van der Waals surface area contributed by atoms with Gasteiger partial charge in [-0.15, -0.1) is 24.0 Å². The van der Waals surface area contributed by atoms with E-state index in [1.165, 1.54) is 22.7 Å². The molecule has 2 aliphatic rings. The molecule has 0 atom stereocenters. The summed E-state index contributed by atoms with van der Waals surface area (Å²) in [4.78, 5) is 4.84. The minimum Gasteiger partial charge on any atom is -0.379 e. The van der Waals surface area contributed by atoms with Gasteiger partial charge in [-0.05, 0) is 25.3 Å². The summed E-state index contributed by atoms with van der Waals surface area (Å²) in [6, 6.07) is 10.7. The molecular weight excluding hydrogens is 515 g/mol. The third-order valence-electron chi connectivity index (χ3n) is 5.85. The number of rotatable bonds is 8. The molecule has 0 aromatic heterocycles. The minimum atomic E-state index is -3.27. The Kier molecular flexibility index (Phi) is 10.3. The fraction of sp³-hybridized carbons (Fsp3) is 0.667. The molecule has 170 valence electrons. The Bertz CT molecular complexity index is 762. The average molecular weight is 551 g/mol. The molecule has 0 amide bonds. The van der Waals surface area contributed by atoms with Crippen LogP contribution >= 0.6 is 24.0 Å². The van der Waals surface area contributed by atoms with Gasteiger partial charge in [0.05, 0.1) is 25.5 Å². The molecule has 0 radical (unpaired) electrons. The predicted molar refractivity (Wildman–Crippen MR) is 132 cm³/mol. The van der Waals surface area contributed by atoms with Crippen molar-refractivity contribution in [2.75, 3.05) is 51.7 Å². The molecule has 3 rings (SSSR count). The van der Waals surface area contributed by atoms with Crippen molar-refractivity contribution >= 4 is 40.0 Å². The van der Waals surface area contributed by atoms with Crippen LogP contribution in [0.25, 0.3) is 0 Å². The Morgan fingerprint density at radius 1 is 1.13 bits per heavy atom. The highest BCUT2D eigenvalue weighted by atomic mass is 127. The average Bonchev–Trinajstić information content (AvgIpc) is 3.23. The first-order valence-corrected chi connectivity index (χ1v) is 12.3. The van der Waals surface area contributed by atoms with Crippen molar-refractivity contribution in [3.05, 3.63) is 35.9 Å². The van der Waals surface area contributed by atoms with Crippen molar-refractivity contribution in [1.29, 1.82) is 0 Å². The van der Waals surface area contributed by atoms with E-state index in [0.29, 0.717) is 45.4 Å². The summed E-state index contributed by atoms with van der Waals surface area (Å²) in [5.41, 5.74) is 1.44. The number of ether oxygens (including phenoxy) is 1. The van der Waals surface area contributed by atoms with E-state index in [0.717, 1.165) is 19.4 Å². The van der Waals surface area contributed by atoms with E-state index in [2.05, 4.69) is 41.0 Å². The van der Waals surface area contributed by atoms with Crippen LogP contribution in [0, 0.1) is 0 Å². The Morgan fingerprint density at radius 3 is 2.43 bits per heavy atom. The normalized spacial score (nSPS) is 19.8. The number of halogens is 1. The highest BCUT2D eigenvalue weighted by Gasteiger charge is 2.35. The standard InChI is InChI=1S/C21H34N4O3S.HI/c1-2-22-20(23-12-17-29(26,27)25-13-15-28-16-14-25)24-18-21(10-6-7-11-21)19-8-4-3-5-9-19;/h3-5,8-9H,2,6-7,10-18H2,1H3,(H2,22,23,24);1H. The zero-order valence-electron chi connectivity index (χ0n) is 17.8. The van der Waals surface area contributed by atoms with Gasteiger partial charge in [0.1, 0.15) is 0 Å². The van der Waals surface area contributed by atoms with E-state index in [-0.39, 0.29) is 35.1 Å². The smallest absolute Gasteiger partial charge is 0.215 e. The lowest BCUT2D eigenvalue weighted by molar-refractivity contribution is 0.0730. The summed E-state index contributed by atoms with van der Waals surface area (Å²) in [6.45, 7) is 5.62. The van der Waals surface area contributed by atoms with Gasteiger partial charge in [-0.3, -0.25) is 4.99 Å². The number of aliphatic imine (C=N–C) groups is 1. The Morgan fingerprint density at radius 2 is 1.80 bits per heavy atom. The SMILES string of the molecule is CCNC(=NCC1(c2ccccc2)CCCC1)NCCS(=O)(=O)N1CCOCC1.I. The third-order valence-corrected chi connectivity index (χ3v) is 7.72. The molecule has 0 unspecified atom stereocenters. The van der Waals surface area contributed by atoms with E-state index in [9.17, 15) is 8.42 Å². The molecule has 1 saturated heterocycles. The van der Waals surface area contributed by atoms with Gasteiger partial charge in [0, 0.05) is 31.6 Å². The number of hydrogen-bond acceptors (Lipinski definition) is 4. The fourth-order valence-corrected chi connectivity index (χ4v) is 5.53. The second-order valence-corrected chi connectivity index (χ2v) is 9.89. The minimum absolute atomic E-state index is 0. The number of nitrogens with zero attached hydrogens (tertiary/aromatic N) is 2.